The van der Waals surface area contributed by atoms with E-state index in [2.05, 4.69) is 4.98 Å². The molecule has 0 aromatic carbocycles. The highest BCUT2D eigenvalue weighted by Crippen LogP contribution is 2.42. The Morgan fingerprint density at radius 1 is 1.26 bits per heavy atom. The fourth-order valence-electron chi connectivity index (χ4n) is 3.27. The van der Waals surface area contributed by atoms with Crippen molar-refractivity contribution in [3.8, 4) is 0 Å². The molecule has 4 rings (SSSR count). The molecule has 4 heterocycles. The van der Waals surface area contributed by atoms with E-state index in [1.54, 1.807) is 19.9 Å². The number of nitrogens with zero attached hydrogens (tertiary/aromatic N) is 1. The van der Waals surface area contributed by atoms with Crippen LogP contribution in [0.25, 0.3) is 0 Å². The van der Waals surface area contributed by atoms with Gasteiger partial charge in [0.15, 0.2) is 12.0 Å². The Balaban J connectivity index is 1.55. The Kier molecular flexibility index (Phi) is 4.25. The molecule has 2 aromatic heterocycles. The molecule has 0 bridgehead atoms. The van der Waals surface area contributed by atoms with Gasteiger partial charge in [-0.25, -0.2) is 9.59 Å². The fraction of sp³-hybridized carbons (Fsp3) is 0.471. The summed E-state index contributed by atoms with van der Waals surface area (Å²) in [5, 5.41) is 0. The normalized spacial score (nSPS) is 28.8. The molecule has 144 valence electrons. The number of fused-ring (bicyclic) bond motifs is 1. The van der Waals surface area contributed by atoms with E-state index in [1.165, 1.54) is 29.2 Å². The van der Waals surface area contributed by atoms with Gasteiger partial charge in [-0.15, -0.1) is 0 Å². The van der Waals surface area contributed by atoms with Crippen molar-refractivity contribution in [3.63, 3.8) is 0 Å². The number of aromatic amines is 1. The second-order valence-electron chi connectivity index (χ2n) is 6.72. The van der Waals surface area contributed by atoms with Gasteiger partial charge in [-0.2, -0.15) is 0 Å². The van der Waals surface area contributed by atoms with Crippen LogP contribution >= 0.6 is 0 Å². The fourth-order valence-corrected chi connectivity index (χ4v) is 3.27. The number of carbonyl (C=O) groups excluding carboxylic acids is 1. The quantitative estimate of drug-likeness (QED) is 0.759. The summed E-state index contributed by atoms with van der Waals surface area (Å²) in [4.78, 5) is 37.6. The van der Waals surface area contributed by atoms with Gasteiger partial charge < -0.3 is 23.4 Å². The van der Waals surface area contributed by atoms with E-state index in [-0.39, 0.29) is 12.4 Å². The average molecular weight is 378 g/mol. The zero-order valence-corrected chi connectivity index (χ0v) is 14.6. The Labute approximate surface area is 152 Å². The predicted octanol–water partition coefficient (Wildman–Crippen LogP) is 0.404. The lowest BCUT2D eigenvalue weighted by molar-refractivity contribution is -0.200. The van der Waals surface area contributed by atoms with Gasteiger partial charge in [-0.05, 0) is 26.0 Å². The molecule has 0 unspecified atom stereocenters. The number of nitrogens with one attached hydrogen (secondary N) is 1. The van der Waals surface area contributed by atoms with Crippen LogP contribution in [0, 0.1) is 0 Å². The number of aromatic nitrogens is 2. The monoisotopic (exact) mass is 378 g/mol. The van der Waals surface area contributed by atoms with Crippen LogP contribution < -0.4 is 11.2 Å². The van der Waals surface area contributed by atoms with E-state index in [0.717, 1.165) is 0 Å². The summed E-state index contributed by atoms with van der Waals surface area (Å²) in [5.41, 5.74) is -1.15. The minimum absolute atomic E-state index is 0.0712. The number of rotatable bonds is 4. The van der Waals surface area contributed by atoms with Crippen LogP contribution in [0.4, 0.5) is 0 Å². The first-order chi connectivity index (χ1) is 12.8. The maximum absolute atomic E-state index is 12.1. The number of furan rings is 1. The van der Waals surface area contributed by atoms with Crippen LogP contribution in [0.1, 0.15) is 30.6 Å². The number of H-pyrrole nitrogens is 1. The molecular formula is C17H18N2O8. The third-order valence-electron chi connectivity index (χ3n) is 4.35. The summed E-state index contributed by atoms with van der Waals surface area (Å²) < 4.78 is 29.1. The molecule has 4 atom stereocenters. The topological polar surface area (TPSA) is 122 Å². The van der Waals surface area contributed by atoms with Crippen molar-refractivity contribution in [2.45, 2.75) is 44.2 Å². The molecule has 0 aliphatic carbocycles. The van der Waals surface area contributed by atoms with Crippen LogP contribution in [0.3, 0.4) is 0 Å². The molecule has 0 spiro atoms. The molecule has 2 aliphatic heterocycles. The minimum Gasteiger partial charge on any atom is -0.457 e. The van der Waals surface area contributed by atoms with Crippen molar-refractivity contribution < 1.29 is 28.2 Å². The van der Waals surface area contributed by atoms with Gasteiger partial charge in [0.2, 0.25) is 5.76 Å². The maximum Gasteiger partial charge on any atom is 0.374 e. The molecule has 2 aromatic rings. The first-order valence-corrected chi connectivity index (χ1v) is 8.37. The van der Waals surface area contributed by atoms with Gasteiger partial charge in [-0.3, -0.25) is 14.3 Å². The lowest BCUT2D eigenvalue weighted by Gasteiger charge is -2.24. The average Bonchev–Trinajstić information content (AvgIpc) is 3.29. The highest BCUT2D eigenvalue weighted by molar-refractivity contribution is 5.86. The third kappa shape index (κ3) is 3.34. The number of esters is 1. The van der Waals surface area contributed by atoms with Gasteiger partial charge in [0, 0.05) is 12.3 Å². The number of hydrogen-bond acceptors (Lipinski definition) is 8. The Morgan fingerprint density at radius 3 is 2.74 bits per heavy atom. The highest BCUT2D eigenvalue weighted by Gasteiger charge is 2.56. The first-order valence-electron chi connectivity index (χ1n) is 8.37. The molecule has 0 amide bonds. The standard InChI is InChI=1S/C17H18N2O8/c1-17(2)26-12-10(8-24-15(21)9-4-3-7-23-9)25-14(13(12)27-17)19-6-5-11(20)18-16(19)22/h3-7,10,12-14H,8H2,1-2H3,(H,18,20,22)/t10-,12-,13-,14-/m1/s1. The van der Waals surface area contributed by atoms with Crippen molar-refractivity contribution in [2.75, 3.05) is 6.61 Å². The van der Waals surface area contributed by atoms with Gasteiger partial charge in [0.25, 0.3) is 5.56 Å². The first kappa shape index (κ1) is 17.7. The maximum atomic E-state index is 12.1. The predicted molar refractivity (Wildman–Crippen MR) is 88.0 cm³/mol. The Hall–Kier alpha value is -2.69. The lowest BCUT2D eigenvalue weighted by Crippen LogP contribution is -2.37. The Morgan fingerprint density at radius 2 is 2.04 bits per heavy atom. The van der Waals surface area contributed by atoms with Crippen LogP contribution in [0.5, 0.6) is 0 Å². The summed E-state index contributed by atoms with van der Waals surface area (Å²) in [5.74, 6) is -1.46. The van der Waals surface area contributed by atoms with Gasteiger partial charge in [0.1, 0.15) is 24.9 Å². The van der Waals surface area contributed by atoms with E-state index in [0.29, 0.717) is 0 Å². The number of carbonyl (C=O) groups is 1. The summed E-state index contributed by atoms with van der Waals surface area (Å²) in [6, 6.07) is 4.28. The molecule has 10 nitrogen and oxygen atoms in total. The summed E-state index contributed by atoms with van der Waals surface area (Å²) in [6.45, 7) is 3.36. The minimum atomic E-state index is -0.896. The van der Waals surface area contributed by atoms with Gasteiger partial charge >= 0.3 is 11.7 Å². The second kappa shape index (κ2) is 6.48. The van der Waals surface area contributed by atoms with E-state index in [4.69, 9.17) is 23.4 Å². The molecule has 2 aliphatic rings. The summed E-state index contributed by atoms with van der Waals surface area (Å²) in [6.07, 6.45) is 0.0138. The van der Waals surface area contributed by atoms with E-state index >= 15 is 0 Å². The molecule has 2 fully saturated rings. The van der Waals surface area contributed by atoms with Gasteiger partial charge in [-0.1, -0.05) is 0 Å². The van der Waals surface area contributed by atoms with Crippen molar-refractivity contribution >= 4 is 5.97 Å². The van der Waals surface area contributed by atoms with Crippen LogP contribution in [0.15, 0.2) is 44.7 Å². The molecule has 0 saturated carbocycles. The number of hydrogen-bond donors (Lipinski definition) is 1. The van der Waals surface area contributed by atoms with Crippen molar-refractivity contribution in [2.24, 2.45) is 0 Å². The SMILES string of the molecule is CC1(C)O[C@@H]2[C@H](O1)[C@@H](COC(=O)c1ccco1)O[C@H]2n1ccc(=O)[nH]c1=O. The third-order valence-corrected chi connectivity index (χ3v) is 4.35. The molecular weight excluding hydrogens is 360 g/mol. The molecule has 10 heteroatoms. The lowest BCUT2D eigenvalue weighted by atomic mass is 10.1. The Bertz CT molecular complexity index is 944. The smallest absolute Gasteiger partial charge is 0.374 e. The number of ether oxygens (including phenoxy) is 4. The molecule has 1 N–H and O–H groups in total. The zero-order valence-electron chi connectivity index (χ0n) is 14.6. The van der Waals surface area contributed by atoms with Crippen molar-refractivity contribution in [1.82, 2.24) is 9.55 Å². The zero-order chi connectivity index (χ0) is 19.2. The molecule has 0 radical (unpaired) electrons. The van der Waals surface area contributed by atoms with E-state index in [1.807, 2.05) is 0 Å². The van der Waals surface area contributed by atoms with Crippen LogP contribution in [0.2, 0.25) is 0 Å². The summed E-state index contributed by atoms with van der Waals surface area (Å²) in [7, 11) is 0. The van der Waals surface area contributed by atoms with Gasteiger partial charge in [0.05, 0.1) is 6.26 Å². The van der Waals surface area contributed by atoms with E-state index in [9.17, 15) is 14.4 Å². The molecule has 27 heavy (non-hydrogen) atoms. The largest absolute Gasteiger partial charge is 0.457 e. The summed E-state index contributed by atoms with van der Waals surface area (Å²) >= 11 is 0. The van der Waals surface area contributed by atoms with Crippen LogP contribution in [-0.4, -0.2) is 46.2 Å². The molecule has 2 saturated heterocycles. The van der Waals surface area contributed by atoms with Crippen molar-refractivity contribution in [1.29, 1.82) is 0 Å². The van der Waals surface area contributed by atoms with E-state index < -0.39 is 47.5 Å². The highest BCUT2D eigenvalue weighted by atomic mass is 16.8. The van der Waals surface area contributed by atoms with Crippen LogP contribution in [-0.2, 0) is 18.9 Å². The van der Waals surface area contributed by atoms with Crippen molar-refractivity contribution in [3.05, 3.63) is 57.3 Å². The second-order valence-corrected chi connectivity index (χ2v) is 6.72.